The van der Waals surface area contributed by atoms with Crippen LogP contribution in [0.3, 0.4) is 0 Å². The van der Waals surface area contributed by atoms with Crippen molar-refractivity contribution in [2.45, 2.75) is 19.8 Å². The third-order valence-corrected chi connectivity index (χ3v) is 3.54. The summed E-state index contributed by atoms with van der Waals surface area (Å²) in [6.45, 7) is 1.95. The van der Waals surface area contributed by atoms with Crippen LogP contribution in [0, 0.1) is 0 Å². The molecule has 3 nitrogen and oxygen atoms in total. The molecule has 0 aliphatic heterocycles. The fourth-order valence-electron chi connectivity index (χ4n) is 0.431. The van der Waals surface area contributed by atoms with Gasteiger partial charge in [0.2, 0.25) is 0 Å². The molecule has 0 fully saturated rings. The molecule has 0 aromatic heterocycles. The molecule has 0 saturated heterocycles. The van der Waals surface area contributed by atoms with Crippen molar-refractivity contribution in [2.24, 2.45) is 0 Å². The Morgan fingerprint density at radius 1 is 1.40 bits per heavy atom. The second-order valence-corrected chi connectivity index (χ2v) is 4.60. The summed E-state index contributed by atoms with van der Waals surface area (Å²) in [7, 11) is -3.17. The molecule has 6 heteroatoms. The van der Waals surface area contributed by atoms with Gasteiger partial charge in [-0.05, 0) is 6.42 Å². The molecule has 0 heterocycles. The van der Waals surface area contributed by atoms with Crippen molar-refractivity contribution in [1.82, 2.24) is 0 Å². The molecule has 0 radical (unpaired) electrons. The monoisotopic (exact) mass is 206 g/mol. The van der Waals surface area contributed by atoms with E-state index in [0.29, 0.717) is 0 Å². The Balaban J connectivity index is 3.70. The largest absolute Gasteiger partial charge is 0.363 e. The Hall–Kier alpha value is 0.730. The zero-order valence-electron chi connectivity index (χ0n) is 5.55. The maximum atomic E-state index is 11.0. The molecule has 0 atom stereocenters. The lowest BCUT2D eigenvalue weighted by molar-refractivity contribution is 0.413. The van der Waals surface area contributed by atoms with Crippen molar-refractivity contribution >= 4 is 31.3 Å². The molecular weight excluding hydrogens is 198 g/mol. The number of hydrogen-bond acceptors (Lipinski definition) is 3. The Kier molecular flexibility index (Phi) is 5.78. The van der Waals surface area contributed by atoms with Crippen molar-refractivity contribution < 1.29 is 12.7 Å². The van der Waals surface area contributed by atoms with E-state index in [1.807, 2.05) is 6.92 Å². The summed E-state index contributed by atoms with van der Waals surface area (Å²) < 4.78 is 19.1. The summed E-state index contributed by atoms with van der Waals surface area (Å²) in [5.74, 6) is 0. The summed E-state index contributed by atoms with van der Waals surface area (Å²) >= 11 is 9.74. The summed E-state index contributed by atoms with van der Waals surface area (Å²) in [6, 6.07) is 0. The van der Waals surface area contributed by atoms with Gasteiger partial charge in [0.05, 0.1) is 29.9 Å². The molecule has 0 unspecified atom stereocenters. The van der Waals surface area contributed by atoms with Gasteiger partial charge in [-0.1, -0.05) is 13.3 Å². The fraction of sp³-hybridized carbons (Fsp3) is 1.00. The number of unbranched alkanes of at least 4 members (excludes halogenated alkanes) is 1. The van der Waals surface area contributed by atoms with Crippen LogP contribution in [0.2, 0.25) is 0 Å². The van der Waals surface area contributed by atoms with Crippen LogP contribution < -0.4 is 0 Å². The quantitative estimate of drug-likeness (QED) is 0.648. The first-order valence-corrected chi connectivity index (χ1v) is 5.22. The van der Waals surface area contributed by atoms with Crippen LogP contribution in [0.5, 0.6) is 0 Å². The van der Waals surface area contributed by atoms with Crippen molar-refractivity contribution in [3.63, 3.8) is 0 Å². The normalized spacial score (nSPS) is 11.9. The van der Waals surface area contributed by atoms with Gasteiger partial charge in [-0.2, -0.15) is 8.15 Å². The van der Waals surface area contributed by atoms with Gasteiger partial charge in [-0.15, -0.1) is 0 Å². The Labute approximate surface area is 70.5 Å². The molecule has 0 aromatic rings. The van der Waals surface area contributed by atoms with E-state index in [1.165, 1.54) is 0 Å². The van der Waals surface area contributed by atoms with E-state index in [9.17, 15) is 4.57 Å². The smallest absolute Gasteiger partial charge is 0.257 e. The average molecular weight is 207 g/mol. The summed E-state index contributed by atoms with van der Waals surface area (Å²) in [4.78, 5) is 0. The van der Waals surface area contributed by atoms with Crippen LogP contribution in [0.1, 0.15) is 19.8 Å². The first-order chi connectivity index (χ1) is 4.68. The van der Waals surface area contributed by atoms with E-state index in [0.717, 1.165) is 12.8 Å². The standard InChI is InChI=1S/C4H9Cl2O3P/c1-2-3-4-10(7,8-5)9-6/h2-4H2,1H3. The van der Waals surface area contributed by atoms with Gasteiger partial charge < -0.3 is 0 Å². The van der Waals surface area contributed by atoms with Crippen molar-refractivity contribution in [2.75, 3.05) is 6.16 Å². The predicted octanol–water partition coefficient (Wildman–Crippen LogP) is 3.32. The highest BCUT2D eigenvalue weighted by atomic mass is 35.5. The first-order valence-electron chi connectivity index (χ1n) is 2.88. The Morgan fingerprint density at radius 2 is 1.90 bits per heavy atom. The lowest BCUT2D eigenvalue weighted by Crippen LogP contribution is -1.88. The molecule has 62 valence electrons. The lowest BCUT2D eigenvalue weighted by Gasteiger charge is -2.06. The van der Waals surface area contributed by atoms with E-state index < -0.39 is 7.60 Å². The number of hydrogen-bond donors (Lipinski definition) is 0. The SMILES string of the molecule is CCCCP(=O)(OCl)OCl. The maximum absolute atomic E-state index is 11.0. The predicted molar refractivity (Wildman–Crippen MR) is 41.3 cm³/mol. The zero-order chi connectivity index (χ0) is 8.04. The first kappa shape index (κ1) is 10.7. The van der Waals surface area contributed by atoms with Gasteiger partial charge in [0.1, 0.15) is 0 Å². The number of rotatable bonds is 5. The van der Waals surface area contributed by atoms with Crippen molar-refractivity contribution in [1.29, 1.82) is 0 Å². The van der Waals surface area contributed by atoms with Crippen LogP contribution in [-0.2, 0) is 12.7 Å². The molecule has 0 amide bonds. The topological polar surface area (TPSA) is 35.5 Å². The van der Waals surface area contributed by atoms with E-state index in [1.54, 1.807) is 0 Å². The molecule has 0 rings (SSSR count). The van der Waals surface area contributed by atoms with Gasteiger partial charge in [-0.3, -0.25) is 4.57 Å². The van der Waals surface area contributed by atoms with Crippen LogP contribution >= 0.6 is 31.3 Å². The molecule has 0 aromatic carbocycles. The highest BCUT2D eigenvalue weighted by Crippen LogP contribution is 2.51. The van der Waals surface area contributed by atoms with Gasteiger partial charge >= 0.3 is 7.60 Å². The van der Waals surface area contributed by atoms with E-state index >= 15 is 0 Å². The summed E-state index contributed by atoms with van der Waals surface area (Å²) in [5, 5.41) is 0. The van der Waals surface area contributed by atoms with Crippen LogP contribution in [0.25, 0.3) is 0 Å². The van der Waals surface area contributed by atoms with Crippen LogP contribution in [0.15, 0.2) is 0 Å². The molecule has 0 spiro atoms. The van der Waals surface area contributed by atoms with Gasteiger partial charge in [0.15, 0.2) is 0 Å². The van der Waals surface area contributed by atoms with Gasteiger partial charge in [0, 0.05) is 0 Å². The molecular formula is C4H9Cl2O3P. The fourth-order valence-corrected chi connectivity index (χ4v) is 1.96. The van der Waals surface area contributed by atoms with E-state index in [4.69, 9.17) is 23.7 Å². The molecule has 0 aliphatic rings. The minimum Gasteiger partial charge on any atom is -0.257 e. The summed E-state index contributed by atoms with van der Waals surface area (Å²) in [5.41, 5.74) is 0. The summed E-state index contributed by atoms with van der Waals surface area (Å²) in [6.07, 6.45) is 1.87. The Bertz CT molecular complexity index is 122. The minimum absolute atomic E-state index is 0.260. The Morgan fingerprint density at radius 3 is 2.20 bits per heavy atom. The van der Waals surface area contributed by atoms with Gasteiger partial charge in [-0.25, -0.2) is 0 Å². The third-order valence-electron chi connectivity index (χ3n) is 0.996. The zero-order valence-corrected chi connectivity index (χ0v) is 7.96. The molecule has 0 N–H and O–H groups in total. The minimum atomic E-state index is -3.17. The molecule has 10 heavy (non-hydrogen) atoms. The second-order valence-electron chi connectivity index (χ2n) is 1.83. The maximum Gasteiger partial charge on any atom is 0.363 e. The molecule has 0 aliphatic carbocycles. The third kappa shape index (κ3) is 3.79. The highest BCUT2D eigenvalue weighted by Gasteiger charge is 2.22. The van der Waals surface area contributed by atoms with Gasteiger partial charge in [0.25, 0.3) is 0 Å². The van der Waals surface area contributed by atoms with Crippen LogP contribution in [0.4, 0.5) is 0 Å². The van der Waals surface area contributed by atoms with E-state index in [2.05, 4.69) is 8.15 Å². The molecule has 0 bridgehead atoms. The lowest BCUT2D eigenvalue weighted by atomic mass is 10.4. The highest BCUT2D eigenvalue weighted by molar-refractivity contribution is 7.55. The van der Waals surface area contributed by atoms with Crippen molar-refractivity contribution in [3.8, 4) is 0 Å². The van der Waals surface area contributed by atoms with Crippen LogP contribution in [-0.4, -0.2) is 6.16 Å². The number of halogens is 2. The van der Waals surface area contributed by atoms with E-state index in [-0.39, 0.29) is 6.16 Å². The molecule has 0 saturated carbocycles. The average Bonchev–Trinajstić information content (AvgIpc) is 2.00. The van der Waals surface area contributed by atoms with Crippen molar-refractivity contribution in [3.05, 3.63) is 0 Å². The second kappa shape index (κ2) is 5.39.